The van der Waals surface area contributed by atoms with E-state index in [4.69, 9.17) is 0 Å². The molecule has 2 amide bonds. The van der Waals surface area contributed by atoms with Crippen molar-refractivity contribution in [3.8, 4) is 0 Å². The van der Waals surface area contributed by atoms with Gasteiger partial charge >= 0.3 is 6.03 Å². The van der Waals surface area contributed by atoms with Gasteiger partial charge in [-0.2, -0.15) is 0 Å². The van der Waals surface area contributed by atoms with Gasteiger partial charge in [-0.05, 0) is 42.3 Å². The highest BCUT2D eigenvalue weighted by Crippen LogP contribution is 2.47. The van der Waals surface area contributed by atoms with Crippen LogP contribution in [0.1, 0.15) is 5.56 Å². The van der Waals surface area contributed by atoms with Crippen molar-refractivity contribution in [1.29, 1.82) is 0 Å². The van der Waals surface area contributed by atoms with Gasteiger partial charge in [0.05, 0.1) is 11.4 Å². The largest absolute Gasteiger partial charge is 0.361 e. The number of carbonyl (C=O) groups is 1. The Morgan fingerprint density at radius 3 is 2.29 bits per heavy atom. The monoisotopic (exact) mass is 385 g/mol. The van der Waals surface area contributed by atoms with E-state index in [2.05, 4.69) is 34.6 Å². The van der Waals surface area contributed by atoms with Crippen molar-refractivity contribution in [2.75, 3.05) is 11.4 Å². The second-order valence-electron chi connectivity index (χ2n) is 6.71. The van der Waals surface area contributed by atoms with Crippen LogP contribution in [0.4, 0.5) is 16.2 Å². The first kappa shape index (κ1) is 17.0. The molecule has 0 bridgehead atoms. The molecule has 5 heteroatoms. The smallest absolute Gasteiger partial charge is 0.326 e. The van der Waals surface area contributed by atoms with Crippen LogP contribution >= 0.6 is 11.8 Å². The number of para-hydroxylation sites is 3. The van der Waals surface area contributed by atoms with Crippen molar-refractivity contribution in [3.05, 3.63) is 84.6 Å². The maximum atomic E-state index is 13.1. The lowest BCUT2D eigenvalue weighted by molar-refractivity contribution is 0.248. The fourth-order valence-corrected chi connectivity index (χ4v) is 4.70. The van der Waals surface area contributed by atoms with Gasteiger partial charge in [0, 0.05) is 33.4 Å². The van der Waals surface area contributed by atoms with Gasteiger partial charge in [0.2, 0.25) is 0 Å². The summed E-state index contributed by atoms with van der Waals surface area (Å²) < 4.78 is 0. The van der Waals surface area contributed by atoms with Gasteiger partial charge in [-0.15, -0.1) is 0 Å². The quantitative estimate of drug-likeness (QED) is 0.474. The molecule has 2 N–H and O–H groups in total. The Hall–Kier alpha value is -3.18. The molecule has 138 valence electrons. The van der Waals surface area contributed by atoms with Crippen LogP contribution in [-0.2, 0) is 6.42 Å². The predicted molar refractivity (Wildman–Crippen MR) is 115 cm³/mol. The third-order valence-electron chi connectivity index (χ3n) is 4.98. The number of amides is 2. The summed E-state index contributed by atoms with van der Waals surface area (Å²) in [6.45, 7) is 0.578. The molecule has 0 atom stereocenters. The van der Waals surface area contributed by atoms with E-state index in [9.17, 15) is 4.79 Å². The number of anilines is 2. The molecule has 0 unspecified atom stereocenters. The minimum Gasteiger partial charge on any atom is -0.361 e. The Kier molecular flexibility index (Phi) is 4.29. The fourth-order valence-electron chi connectivity index (χ4n) is 3.65. The summed E-state index contributed by atoms with van der Waals surface area (Å²) in [4.78, 5) is 20.4. The summed E-state index contributed by atoms with van der Waals surface area (Å²) in [5.74, 6) is 0. The van der Waals surface area contributed by atoms with Gasteiger partial charge in [0.15, 0.2) is 0 Å². The number of urea groups is 1. The second kappa shape index (κ2) is 7.09. The van der Waals surface area contributed by atoms with E-state index in [0.29, 0.717) is 6.54 Å². The first-order chi connectivity index (χ1) is 13.8. The van der Waals surface area contributed by atoms with Gasteiger partial charge in [-0.1, -0.05) is 54.2 Å². The Labute approximate surface area is 167 Å². The van der Waals surface area contributed by atoms with Gasteiger partial charge in [0.25, 0.3) is 0 Å². The summed E-state index contributed by atoms with van der Waals surface area (Å²) in [5.41, 5.74) is 4.19. The van der Waals surface area contributed by atoms with Crippen LogP contribution in [0, 0.1) is 0 Å². The molecule has 5 rings (SSSR count). The number of nitrogens with one attached hydrogen (secondary N) is 2. The number of carbonyl (C=O) groups excluding carboxylic acids is 1. The van der Waals surface area contributed by atoms with Crippen LogP contribution in [0.25, 0.3) is 10.9 Å². The van der Waals surface area contributed by atoms with Crippen LogP contribution in [-0.4, -0.2) is 17.6 Å². The Morgan fingerprint density at radius 2 is 1.54 bits per heavy atom. The minimum absolute atomic E-state index is 0.0972. The molecule has 4 nitrogen and oxygen atoms in total. The minimum atomic E-state index is -0.0972. The van der Waals surface area contributed by atoms with E-state index in [-0.39, 0.29) is 6.03 Å². The molecule has 0 aliphatic carbocycles. The molecule has 0 saturated heterocycles. The normalized spacial score (nSPS) is 12.5. The zero-order valence-electron chi connectivity index (χ0n) is 15.2. The van der Waals surface area contributed by atoms with Crippen LogP contribution in [0.5, 0.6) is 0 Å². The lowest BCUT2D eigenvalue weighted by Gasteiger charge is -2.31. The fraction of sp³-hybridized carbons (Fsp3) is 0.0870. The zero-order chi connectivity index (χ0) is 18.9. The molecule has 0 fully saturated rings. The van der Waals surface area contributed by atoms with E-state index < -0.39 is 0 Å². The summed E-state index contributed by atoms with van der Waals surface area (Å²) in [7, 11) is 0. The molecule has 3 aromatic carbocycles. The standard InChI is InChI=1S/C23H19N3OS/c27-23(24-14-13-16-15-25-18-8-2-1-7-17(16)18)26-19-9-3-5-11-21(19)28-22-12-6-4-10-20(22)26/h1-12,15,25H,13-14H2,(H,24,27). The Bertz CT molecular complexity index is 1120. The highest BCUT2D eigenvalue weighted by atomic mass is 32.2. The van der Waals surface area contributed by atoms with Gasteiger partial charge in [-0.3, -0.25) is 4.90 Å². The summed E-state index contributed by atoms with van der Waals surface area (Å²) in [5, 5.41) is 4.31. The third-order valence-corrected chi connectivity index (χ3v) is 6.11. The van der Waals surface area contributed by atoms with Crippen LogP contribution in [0.2, 0.25) is 0 Å². The zero-order valence-corrected chi connectivity index (χ0v) is 16.0. The molecular formula is C23H19N3OS. The van der Waals surface area contributed by atoms with Gasteiger partial charge in [-0.25, -0.2) is 4.79 Å². The van der Waals surface area contributed by atoms with E-state index in [1.165, 1.54) is 10.9 Å². The number of rotatable bonds is 3. The second-order valence-corrected chi connectivity index (χ2v) is 7.80. The number of aromatic amines is 1. The van der Waals surface area contributed by atoms with E-state index in [1.807, 2.05) is 54.7 Å². The number of hydrogen-bond acceptors (Lipinski definition) is 2. The summed E-state index contributed by atoms with van der Waals surface area (Å²) in [6.07, 6.45) is 2.81. The van der Waals surface area contributed by atoms with Crippen molar-refractivity contribution in [2.24, 2.45) is 0 Å². The molecule has 0 spiro atoms. The molecular weight excluding hydrogens is 366 g/mol. The van der Waals surface area contributed by atoms with Crippen LogP contribution in [0.3, 0.4) is 0 Å². The molecule has 1 aliphatic heterocycles. The van der Waals surface area contributed by atoms with Crippen LogP contribution < -0.4 is 10.2 Å². The van der Waals surface area contributed by atoms with E-state index in [0.717, 1.165) is 33.1 Å². The average molecular weight is 385 g/mol. The number of nitrogens with zero attached hydrogens (tertiary/aromatic N) is 1. The maximum absolute atomic E-state index is 13.1. The van der Waals surface area contributed by atoms with Crippen molar-refractivity contribution in [3.63, 3.8) is 0 Å². The number of aromatic nitrogens is 1. The number of fused-ring (bicyclic) bond motifs is 3. The maximum Gasteiger partial charge on any atom is 0.326 e. The Balaban J connectivity index is 1.37. The Morgan fingerprint density at radius 1 is 0.893 bits per heavy atom. The van der Waals surface area contributed by atoms with Crippen molar-refractivity contribution in [2.45, 2.75) is 16.2 Å². The topological polar surface area (TPSA) is 48.1 Å². The third kappa shape index (κ3) is 2.94. The lowest BCUT2D eigenvalue weighted by Crippen LogP contribution is -2.39. The first-order valence-corrected chi connectivity index (χ1v) is 10.1. The molecule has 1 aromatic heterocycles. The highest BCUT2D eigenvalue weighted by molar-refractivity contribution is 7.99. The average Bonchev–Trinajstić information content (AvgIpc) is 3.15. The SMILES string of the molecule is O=C(NCCc1c[nH]c2ccccc12)N1c2ccccc2Sc2ccccc21. The van der Waals surface area contributed by atoms with E-state index >= 15 is 0 Å². The van der Waals surface area contributed by atoms with Crippen molar-refractivity contribution < 1.29 is 4.79 Å². The molecule has 0 saturated carbocycles. The molecule has 28 heavy (non-hydrogen) atoms. The van der Waals surface area contributed by atoms with Gasteiger partial charge < -0.3 is 10.3 Å². The van der Waals surface area contributed by atoms with E-state index in [1.54, 1.807) is 16.7 Å². The lowest BCUT2D eigenvalue weighted by atomic mass is 10.1. The van der Waals surface area contributed by atoms with Crippen molar-refractivity contribution in [1.82, 2.24) is 10.3 Å². The molecule has 1 aliphatic rings. The molecule has 0 radical (unpaired) electrons. The van der Waals surface area contributed by atoms with Gasteiger partial charge in [0.1, 0.15) is 0 Å². The summed E-state index contributed by atoms with van der Waals surface area (Å²) >= 11 is 1.70. The predicted octanol–water partition coefficient (Wildman–Crippen LogP) is 5.72. The first-order valence-electron chi connectivity index (χ1n) is 9.30. The molecule has 4 aromatic rings. The number of hydrogen-bond donors (Lipinski definition) is 2. The number of H-pyrrole nitrogens is 1. The summed E-state index contributed by atoms with van der Waals surface area (Å²) in [6, 6.07) is 24.2. The highest BCUT2D eigenvalue weighted by Gasteiger charge is 2.27. The van der Waals surface area contributed by atoms with Crippen LogP contribution in [0.15, 0.2) is 88.8 Å². The molecule has 2 heterocycles. The van der Waals surface area contributed by atoms with Crippen molar-refractivity contribution >= 4 is 40.1 Å². The number of benzene rings is 3.